The summed E-state index contributed by atoms with van der Waals surface area (Å²) >= 11 is 0. The summed E-state index contributed by atoms with van der Waals surface area (Å²) in [7, 11) is 0. The van der Waals surface area contributed by atoms with E-state index in [2.05, 4.69) is 10.6 Å². The van der Waals surface area contributed by atoms with Crippen LogP contribution < -0.4 is 10.6 Å². The third-order valence-electron chi connectivity index (χ3n) is 3.41. The number of amides is 2. The summed E-state index contributed by atoms with van der Waals surface area (Å²) in [5.41, 5.74) is -0.962. The summed E-state index contributed by atoms with van der Waals surface area (Å²) in [6, 6.07) is 2.60. The number of nitrogens with one attached hydrogen (secondary N) is 2. The van der Waals surface area contributed by atoms with Crippen molar-refractivity contribution in [1.29, 1.82) is 0 Å². The number of halogens is 2. The maximum atomic E-state index is 13.0. The number of hydrogen-bond acceptors (Lipinski definition) is 2. The average Bonchev–Trinajstić information content (AvgIpc) is 2.45. The first-order chi connectivity index (χ1) is 9.84. The van der Waals surface area contributed by atoms with Crippen LogP contribution in [0.3, 0.4) is 0 Å². The van der Waals surface area contributed by atoms with Crippen LogP contribution in [0.5, 0.6) is 0 Å². The monoisotopic (exact) mass is 300 g/mol. The molecular weight excluding hydrogens is 282 g/mol. The molecule has 5 nitrogen and oxygen atoms in total. The van der Waals surface area contributed by atoms with Crippen molar-refractivity contribution in [2.75, 3.05) is 0 Å². The van der Waals surface area contributed by atoms with Crippen molar-refractivity contribution < 1.29 is 23.5 Å². The molecule has 0 aromatic heterocycles. The van der Waals surface area contributed by atoms with E-state index in [1.165, 1.54) is 6.07 Å². The molecule has 0 radical (unpaired) electrons. The first kappa shape index (κ1) is 16.9. The molecule has 1 aromatic carbocycles. The molecule has 116 valence electrons. The highest BCUT2D eigenvalue weighted by molar-refractivity contribution is 5.86. The van der Waals surface area contributed by atoms with Crippen LogP contribution in [0, 0.1) is 11.6 Å². The Hall–Kier alpha value is -2.18. The molecule has 1 rings (SSSR count). The minimum absolute atomic E-state index is 0.0356. The van der Waals surface area contributed by atoms with Gasteiger partial charge in [-0.15, -0.1) is 0 Å². The van der Waals surface area contributed by atoms with E-state index in [4.69, 9.17) is 0 Å². The number of carboxylic acid groups (broad SMARTS) is 1. The van der Waals surface area contributed by atoms with Gasteiger partial charge in [-0.2, -0.15) is 0 Å². The zero-order valence-corrected chi connectivity index (χ0v) is 11.9. The third kappa shape index (κ3) is 4.14. The SMILES string of the molecule is CCC(CC)(NC(=O)NCc1ccc(F)c(F)c1)C(=O)O. The first-order valence-electron chi connectivity index (χ1n) is 6.58. The lowest BCUT2D eigenvalue weighted by atomic mass is 9.93. The molecule has 21 heavy (non-hydrogen) atoms. The van der Waals surface area contributed by atoms with Gasteiger partial charge in [-0.3, -0.25) is 0 Å². The zero-order valence-electron chi connectivity index (χ0n) is 11.9. The van der Waals surface area contributed by atoms with E-state index in [-0.39, 0.29) is 19.4 Å². The fraction of sp³-hybridized carbons (Fsp3) is 0.429. The standard InChI is InChI=1S/C14H18F2N2O3/c1-3-14(4-2,12(19)20)18-13(21)17-8-9-5-6-10(15)11(16)7-9/h5-7H,3-4,8H2,1-2H3,(H,19,20)(H2,17,18,21). The lowest BCUT2D eigenvalue weighted by Gasteiger charge is -2.28. The van der Waals surface area contributed by atoms with Gasteiger partial charge < -0.3 is 15.7 Å². The number of carbonyl (C=O) groups is 2. The Kier molecular flexibility index (Phi) is 5.63. The van der Waals surface area contributed by atoms with Crippen molar-refractivity contribution in [2.24, 2.45) is 0 Å². The summed E-state index contributed by atoms with van der Waals surface area (Å²) in [6.45, 7) is 3.28. The molecule has 0 aliphatic carbocycles. The van der Waals surface area contributed by atoms with Crippen molar-refractivity contribution in [1.82, 2.24) is 10.6 Å². The van der Waals surface area contributed by atoms with E-state index < -0.39 is 29.2 Å². The Morgan fingerprint density at radius 2 is 1.81 bits per heavy atom. The summed E-state index contributed by atoms with van der Waals surface area (Å²) in [5.74, 6) is -3.09. The van der Waals surface area contributed by atoms with Gasteiger partial charge in [-0.05, 0) is 30.5 Å². The fourth-order valence-electron chi connectivity index (χ4n) is 1.88. The molecule has 0 aliphatic rings. The number of carboxylic acids is 1. The summed E-state index contributed by atoms with van der Waals surface area (Å²) in [4.78, 5) is 23.0. The van der Waals surface area contributed by atoms with Gasteiger partial charge in [0.1, 0.15) is 5.54 Å². The molecule has 0 heterocycles. The predicted octanol–water partition coefficient (Wildman–Crippen LogP) is 2.41. The average molecular weight is 300 g/mol. The van der Waals surface area contributed by atoms with Gasteiger partial charge in [0.25, 0.3) is 0 Å². The molecule has 0 saturated heterocycles. The molecule has 0 unspecified atom stereocenters. The molecule has 0 saturated carbocycles. The van der Waals surface area contributed by atoms with Gasteiger partial charge in [0, 0.05) is 6.54 Å². The van der Waals surface area contributed by atoms with Crippen molar-refractivity contribution in [2.45, 2.75) is 38.8 Å². The van der Waals surface area contributed by atoms with Crippen molar-refractivity contribution in [3.8, 4) is 0 Å². The lowest BCUT2D eigenvalue weighted by molar-refractivity contribution is -0.144. The van der Waals surface area contributed by atoms with E-state index in [1.807, 2.05) is 0 Å². The Bertz CT molecular complexity index is 531. The summed E-state index contributed by atoms with van der Waals surface area (Å²) in [6.07, 6.45) is 0.467. The molecule has 0 atom stereocenters. The topological polar surface area (TPSA) is 78.4 Å². The van der Waals surface area contributed by atoms with Crippen LogP contribution in [-0.2, 0) is 11.3 Å². The van der Waals surface area contributed by atoms with Gasteiger partial charge in [0.15, 0.2) is 11.6 Å². The second-order valence-electron chi connectivity index (χ2n) is 4.65. The highest BCUT2D eigenvalue weighted by atomic mass is 19.2. The van der Waals surface area contributed by atoms with Gasteiger partial charge in [-0.25, -0.2) is 18.4 Å². The van der Waals surface area contributed by atoms with Gasteiger partial charge in [0.2, 0.25) is 0 Å². The van der Waals surface area contributed by atoms with Crippen molar-refractivity contribution in [3.63, 3.8) is 0 Å². The van der Waals surface area contributed by atoms with Gasteiger partial charge in [0.05, 0.1) is 0 Å². The number of aliphatic carboxylic acids is 1. The number of urea groups is 1. The van der Waals surface area contributed by atoms with E-state index in [9.17, 15) is 23.5 Å². The molecule has 0 fully saturated rings. The fourth-order valence-corrected chi connectivity index (χ4v) is 1.88. The van der Waals surface area contributed by atoms with Crippen LogP contribution in [0.4, 0.5) is 13.6 Å². The van der Waals surface area contributed by atoms with Crippen LogP contribution in [0.25, 0.3) is 0 Å². The number of hydrogen-bond donors (Lipinski definition) is 3. The highest BCUT2D eigenvalue weighted by Gasteiger charge is 2.36. The Labute approximate surface area is 121 Å². The van der Waals surface area contributed by atoms with Crippen LogP contribution >= 0.6 is 0 Å². The van der Waals surface area contributed by atoms with Crippen LogP contribution in [-0.4, -0.2) is 22.6 Å². The van der Waals surface area contributed by atoms with Crippen molar-refractivity contribution >= 4 is 12.0 Å². The van der Waals surface area contributed by atoms with E-state index in [0.717, 1.165) is 12.1 Å². The minimum Gasteiger partial charge on any atom is -0.480 e. The minimum atomic E-state index is -1.34. The predicted molar refractivity (Wildman–Crippen MR) is 72.7 cm³/mol. The Balaban J connectivity index is 2.65. The molecular formula is C14H18F2N2O3. The van der Waals surface area contributed by atoms with Crippen molar-refractivity contribution in [3.05, 3.63) is 35.4 Å². The number of rotatable bonds is 6. The maximum Gasteiger partial charge on any atom is 0.329 e. The maximum absolute atomic E-state index is 13.0. The van der Waals surface area contributed by atoms with E-state index >= 15 is 0 Å². The molecule has 0 aliphatic heterocycles. The first-order valence-corrected chi connectivity index (χ1v) is 6.58. The summed E-state index contributed by atoms with van der Waals surface area (Å²) < 4.78 is 25.8. The lowest BCUT2D eigenvalue weighted by Crippen LogP contribution is -2.56. The molecule has 7 heteroatoms. The van der Waals surface area contributed by atoms with E-state index in [1.54, 1.807) is 13.8 Å². The van der Waals surface area contributed by atoms with Crippen LogP contribution in [0.2, 0.25) is 0 Å². The molecule has 0 spiro atoms. The molecule has 1 aromatic rings. The Morgan fingerprint density at radius 1 is 1.19 bits per heavy atom. The second-order valence-corrected chi connectivity index (χ2v) is 4.65. The molecule has 2 amide bonds. The van der Waals surface area contributed by atoms with E-state index in [0.29, 0.717) is 5.56 Å². The number of carbonyl (C=O) groups excluding carboxylic acids is 1. The zero-order chi connectivity index (χ0) is 16.0. The molecule has 3 N–H and O–H groups in total. The van der Waals surface area contributed by atoms with Crippen LogP contribution in [0.15, 0.2) is 18.2 Å². The summed E-state index contributed by atoms with van der Waals surface area (Å²) in [5, 5.41) is 14.0. The van der Waals surface area contributed by atoms with Crippen LogP contribution in [0.1, 0.15) is 32.3 Å². The van der Waals surface area contributed by atoms with Gasteiger partial charge >= 0.3 is 12.0 Å². The molecule has 0 bridgehead atoms. The normalized spacial score (nSPS) is 11.0. The Morgan fingerprint density at radius 3 is 2.29 bits per heavy atom. The largest absolute Gasteiger partial charge is 0.480 e. The quantitative estimate of drug-likeness (QED) is 0.755. The van der Waals surface area contributed by atoms with Gasteiger partial charge in [-0.1, -0.05) is 19.9 Å². The highest BCUT2D eigenvalue weighted by Crippen LogP contribution is 2.15. The number of benzene rings is 1. The second kappa shape index (κ2) is 7.01. The third-order valence-corrected chi connectivity index (χ3v) is 3.41. The smallest absolute Gasteiger partial charge is 0.329 e.